The Labute approximate surface area is 115 Å². The predicted octanol–water partition coefficient (Wildman–Crippen LogP) is 0.734. The van der Waals surface area contributed by atoms with E-state index in [1.807, 2.05) is 6.92 Å². The quantitative estimate of drug-likeness (QED) is 0.569. The molecular formula is C12H16N4O4. The number of rotatable bonds is 6. The van der Waals surface area contributed by atoms with Crippen LogP contribution < -0.4 is 0 Å². The Hall–Kier alpha value is -2.22. The van der Waals surface area contributed by atoms with E-state index in [-0.39, 0.29) is 12.3 Å². The van der Waals surface area contributed by atoms with Gasteiger partial charge in [-0.2, -0.15) is 0 Å². The minimum atomic E-state index is -0.511. The molecule has 8 heteroatoms. The first kappa shape index (κ1) is 14.2. The van der Waals surface area contributed by atoms with Gasteiger partial charge in [-0.3, -0.25) is 0 Å². The van der Waals surface area contributed by atoms with Gasteiger partial charge in [-0.1, -0.05) is 5.21 Å². The number of hydrogen-bond acceptors (Lipinski definition) is 7. The van der Waals surface area contributed by atoms with Gasteiger partial charge in [0.25, 0.3) is 0 Å². The zero-order valence-corrected chi connectivity index (χ0v) is 11.6. The molecule has 0 bridgehead atoms. The van der Waals surface area contributed by atoms with Crippen LogP contribution in [-0.4, -0.2) is 46.3 Å². The second-order valence-electron chi connectivity index (χ2n) is 4.17. The normalized spacial score (nSPS) is 10.8. The maximum atomic E-state index is 11.8. The summed E-state index contributed by atoms with van der Waals surface area (Å²) >= 11 is 0. The topological polar surface area (TPSA) is 92.3 Å². The van der Waals surface area contributed by atoms with E-state index in [9.17, 15) is 4.79 Å². The molecule has 0 aromatic carbocycles. The van der Waals surface area contributed by atoms with E-state index in [0.717, 1.165) is 5.69 Å². The number of aryl methyl sites for hydroxylation is 1. The van der Waals surface area contributed by atoms with Crippen molar-refractivity contribution in [1.29, 1.82) is 0 Å². The highest BCUT2D eigenvalue weighted by Gasteiger charge is 2.18. The van der Waals surface area contributed by atoms with Crippen LogP contribution in [-0.2, 0) is 16.0 Å². The van der Waals surface area contributed by atoms with Gasteiger partial charge in [-0.25, -0.2) is 14.5 Å². The maximum Gasteiger partial charge on any atom is 0.360 e. The number of esters is 1. The molecule has 0 saturated carbocycles. The largest absolute Gasteiger partial charge is 0.458 e. The molecule has 2 heterocycles. The fourth-order valence-electron chi connectivity index (χ4n) is 1.61. The van der Waals surface area contributed by atoms with E-state index < -0.39 is 5.97 Å². The number of carbonyl (C=O) groups is 1. The van der Waals surface area contributed by atoms with Crippen molar-refractivity contribution >= 4 is 5.97 Å². The Morgan fingerprint density at radius 1 is 1.40 bits per heavy atom. The molecule has 0 N–H and O–H groups in total. The summed E-state index contributed by atoms with van der Waals surface area (Å²) in [6.07, 6.45) is 1.37. The molecule has 0 fully saturated rings. The highest BCUT2D eigenvalue weighted by atomic mass is 16.6. The van der Waals surface area contributed by atoms with Crippen LogP contribution in [0.4, 0.5) is 0 Å². The van der Waals surface area contributed by atoms with Gasteiger partial charge in [0.2, 0.25) is 0 Å². The number of aromatic nitrogens is 4. The van der Waals surface area contributed by atoms with Gasteiger partial charge in [0.05, 0.1) is 18.8 Å². The number of nitrogens with zero attached hydrogens (tertiary/aromatic N) is 4. The first-order valence-electron chi connectivity index (χ1n) is 6.08. The van der Waals surface area contributed by atoms with E-state index in [1.165, 1.54) is 13.5 Å². The molecule has 0 radical (unpaired) electrons. The third kappa shape index (κ3) is 3.02. The summed E-state index contributed by atoms with van der Waals surface area (Å²) < 4.78 is 16.5. The molecule has 2 aromatic rings. The Kier molecular flexibility index (Phi) is 4.46. The van der Waals surface area contributed by atoms with Crippen LogP contribution in [0.5, 0.6) is 0 Å². The van der Waals surface area contributed by atoms with Crippen molar-refractivity contribution in [3.8, 4) is 0 Å². The second-order valence-corrected chi connectivity index (χ2v) is 4.17. The number of carbonyl (C=O) groups excluding carboxylic acids is 1. The Morgan fingerprint density at radius 3 is 2.85 bits per heavy atom. The van der Waals surface area contributed by atoms with Gasteiger partial charge in [-0.05, 0) is 13.8 Å². The molecule has 2 rings (SSSR count). The SMILES string of the molecule is COCCOC(=O)c1nnn(Cc2ncoc2C)c1C. The minimum Gasteiger partial charge on any atom is -0.458 e. The lowest BCUT2D eigenvalue weighted by molar-refractivity contribution is 0.0380. The third-order valence-electron chi connectivity index (χ3n) is 2.84. The fraction of sp³-hybridized carbons (Fsp3) is 0.500. The van der Waals surface area contributed by atoms with Crippen LogP contribution in [0.3, 0.4) is 0 Å². The molecule has 0 aliphatic carbocycles. The lowest BCUT2D eigenvalue weighted by atomic mass is 10.3. The second kappa shape index (κ2) is 6.29. The summed E-state index contributed by atoms with van der Waals surface area (Å²) in [5.41, 5.74) is 1.56. The van der Waals surface area contributed by atoms with E-state index in [1.54, 1.807) is 11.6 Å². The summed E-state index contributed by atoms with van der Waals surface area (Å²) in [4.78, 5) is 15.9. The molecule has 20 heavy (non-hydrogen) atoms. The molecule has 2 aromatic heterocycles. The smallest absolute Gasteiger partial charge is 0.360 e. The standard InChI is InChI=1S/C12H16N4O4/c1-8-11(12(17)19-5-4-18-3)14-15-16(8)6-10-9(2)20-7-13-10/h7H,4-6H2,1-3H3. The molecular weight excluding hydrogens is 264 g/mol. The van der Waals surface area contributed by atoms with Crippen molar-refractivity contribution in [3.05, 3.63) is 29.2 Å². The molecule has 0 aliphatic heterocycles. The molecule has 0 atom stereocenters. The summed E-state index contributed by atoms with van der Waals surface area (Å²) in [7, 11) is 1.54. The summed E-state index contributed by atoms with van der Waals surface area (Å²) in [5, 5.41) is 7.78. The van der Waals surface area contributed by atoms with Gasteiger partial charge in [-0.15, -0.1) is 5.10 Å². The monoisotopic (exact) mass is 280 g/mol. The third-order valence-corrected chi connectivity index (χ3v) is 2.84. The van der Waals surface area contributed by atoms with E-state index in [4.69, 9.17) is 13.9 Å². The average molecular weight is 280 g/mol. The van der Waals surface area contributed by atoms with Crippen molar-refractivity contribution in [2.75, 3.05) is 20.3 Å². The van der Waals surface area contributed by atoms with Crippen LogP contribution in [0.2, 0.25) is 0 Å². The van der Waals surface area contributed by atoms with E-state index in [2.05, 4.69) is 15.3 Å². The predicted molar refractivity (Wildman–Crippen MR) is 67.3 cm³/mol. The Morgan fingerprint density at radius 2 is 2.20 bits per heavy atom. The molecule has 0 aliphatic rings. The van der Waals surface area contributed by atoms with Crippen LogP contribution in [0.15, 0.2) is 10.8 Å². The fourth-order valence-corrected chi connectivity index (χ4v) is 1.61. The zero-order valence-electron chi connectivity index (χ0n) is 11.6. The van der Waals surface area contributed by atoms with Gasteiger partial charge in [0.15, 0.2) is 12.1 Å². The number of oxazole rings is 1. The van der Waals surface area contributed by atoms with E-state index in [0.29, 0.717) is 24.6 Å². The molecule has 0 spiro atoms. The van der Waals surface area contributed by atoms with Crippen LogP contribution in [0.1, 0.15) is 27.6 Å². The number of ether oxygens (including phenoxy) is 2. The van der Waals surface area contributed by atoms with Crippen molar-refractivity contribution < 1.29 is 18.7 Å². The van der Waals surface area contributed by atoms with Crippen molar-refractivity contribution in [2.45, 2.75) is 20.4 Å². The average Bonchev–Trinajstić information content (AvgIpc) is 2.98. The minimum absolute atomic E-state index is 0.185. The maximum absolute atomic E-state index is 11.8. The summed E-state index contributed by atoms with van der Waals surface area (Å²) in [5.74, 6) is 0.201. The van der Waals surface area contributed by atoms with Gasteiger partial charge >= 0.3 is 5.97 Å². The molecule has 108 valence electrons. The first-order valence-corrected chi connectivity index (χ1v) is 6.08. The van der Waals surface area contributed by atoms with Crippen molar-refractivity contribution in [1.82, 2.24) is 20.0 Å². The first-order chi connectivity index (χ1) is 9.63. The zero-order chi connectivity index (χ0) is 14.5. The van der Waals surface area contributed by atoms with Gasteiger partial charge in [0, 0.05) is 7.11 Å². The summed E-state index contributed by atoms with van der Waals surface area (Å²) in [6.45, 7) is 4.49. The van der Waals surface area contributed by atoms with Crippen molar-refractivity contribution in [2.24, 2.45) is 0 Å². The molecule has 0 amide bonds. The molecule has 8 nitrogen and oxygen atoms in total. The molecule has 0 unspecified atom stereocenters. The van der Waals surface area contributed by atoms with Crippen molar-refractivity contribution in [3.63, 3.8) is 0 Å². The van der Waals surface area contributed by atoms with Crippen LogP contribution in [0, 0.1) is 13.8 Å². The highest BCUT2D eigenvalue weighted by molar-refractivity contribution is 5.88. The Balaban J connectivity index is 2.07. The molecule has 0 saturated heterocycles. The van der Waals surface area contributed by atoms with Gasteiger partial charge in [0.1, 0.15) is 18.1 Å². The van der Waals surface area contributed by atoms with Crippen LogP contribution >= 0.6 is 0 Å². The summed E-state index contributed by atoms with van der Waals surface area (Å²) in [6, 6.07) is 0. The van der Waals surface area contributed by atoms with Gasteiger partial charge < -0.3 is 13.9 Å². The van der Waals surface area contributed by atoms with E-state index >= 15 is 0 Å². The highest BCUT2D eigenvalue weighted by Crippen LogP contribution is 2.10. The lowest BCUT2D eigenvalue weighted by Crippen LogP contribution is -2.12. The number of hydrogen-bond donors (Lipinski definition) is 0. The van der Waals surface area contributed by atoms with Crippen LogP contribution in [0.25, 0.3) is 0 Å². The Bertz CT molecular complexity index is 590. The lowest BCUT2D eigenvalue weighted by Gasteiger charge is -2.03. The number of methoxy groups -OCH3 is 1.